The molecule has 1 aliphatic rings. The molecule has 3 rings (SSSR count). The van der Waals surface area contributed by atoms with Crippen LogP contribution in [0.1, 0.15) is 45.9 Å². The first-order chi connectivity index (χ1) is 10.1. The third-order valence-electron chi connectivity index (χ3n) is 4.96. The third-order valence-corrected chi connectivity index (χ3v) is 4.96. The fourth-order valence-corrected chi connectivity index (χ4v) is 3.94. The Morgan fingerprint density at radius 1 is 1.33 bits per heavy atom. The van der Waals surface area contributed by atoms with Crippen molar-refractivity contribution in [2.45, 2.75) is 59.0 Å². The fourth-order valence-electron chi connectivity index (χ4n) is 3.94. The van der Waals surface area contributed by atoms with Crippen LogP contribution in [0.2, 0.25) is 0 Å². The lowest BCUT2D eigenvalue weighted by Gasteiger charge is -2.24. The van der Waals surface area contributed by atoms with Gasteiger partial charge in [0.2, 0.25) is 0 Å². The summed E-state index contributed by atoms with van der Waals surface area (Å²) in [6.07, 6.45) is 4.97. The van der Waals surface area contributed by atoms with Gasteiger partial charge in [0.25, 0.3) is 0 Å². The Morgan fingerprint density at radius 3 is 2.90 bits per heavy atom. The Labute approximate surface area is 127 Å². The van der Waals surface area contributed by atoms with Crippen molar-refractivity contribution in [1.82, 2.24) is 14.9 Å². The van der Waals surface area contributed by atoms with Crippen LogP contribution in [0.25, 0.3) is 11.0 Å². The Hall–Kier alpha value is -1.35. The molecule has 3 heteroatoms. The zero-order valence-electron chi connectivity index (χ0n) is 13.5. The van der Waals surface area contributed by atoms with E-state index >= 15 is 0 Å². The SMILES string of the molecule is CCNC1CCC(C)(Cc2nc3ccccc3n2CC)C1. The van der Waals surface area contributed by atoms with Gasteiger partial charge in [0, 0.05) is 19.0 Å². The predicted octanol–water partition coefficient (Wildman–Crippen LogP) is 3.77. The molecule has 1 N–H and O–H groups in total. The van der Waals surface area contributed by atoms with E-state index in [9.17, 15) is 0 Å². The molecule has 0 spiro atoms. The van der Waals surface area contributed by atoms with Crippen LogP contribution in [-0.2, 0) is 13.0 Å². The molecule has 114 valence electrons. The van der Waals surface area contributed by atoms with Crippen LogP contribution >= 0.6 is 0 Å². The lowest BCUT2D eigenvalue weighted by molar-refractivity contribution is 0.312. The number of imidazole rings is 1. The quantitative estimate of drug-likeness (QED) is 0.906. The molecule has 0 amide bonds. The summed E-state index contributed by atoms with van der Waals surface area (Å²) < 4.78 is 2.39. The fraction of sp³-hybridized carbons (Fsp3) is 0.611. The normalized spacial score (nSPS) is 25.8. The molecule has 1 aromatic heterocycles. The summed E-state index contributed by atoms with van der Waals surface area (Å²) in [6, 6.07) is 9.20. The highest BCUT2D eigenvalue weighted by molar-refractivity contribution is 5.75. The van der Waals surface area contributed by atoms with Gasteiger partial charge in [0.15, 0.2) is 0 Å². The smallest absolute Gasteiger partial charge is 0.110 e. The summed E-state index contributed by atoms with van der Waals surface area (Å²) in [5, 5.41) is 3.61. The van der Waals surface area contributed by atoms with Gasteiger partial charge in [-0.2, -0.15) is 0 Å². The number of aryl methyl sites for hydroxylation is 1. The highest BCUT2D eigenvalue weighted by Gasteiger charge is 2.36. The van der Waals surface area contributed by atoms with Gasteiger partial charge in [-0.15, -0.1) is 0 Å². The monoisotopic (exact) mass is 285 g/mol. The molecule has 1 heterocycles. The molecule has 1 aliphatic carbocycles. The maximum absolute atomic E-state index is 4.91. The topological polar surface area (TPSA) is 29.9 Å². The van der Waals surface area contributed by atoms with Crippen LogP contribution < -0.4 is 5.32 Å². The maximum atomic E-state index is 4.91. The van der Waals surface area contributed by atoms with Gasteiger partial charge in [0.1, 0.15) is 5.82 Å². The number of para-hydroxylation sites is 2. The first-order valence-electron chi connectivity index (χ1n) is 8.33. The van der Waals surface area contributed by atoms with Crippen molar-refractivity contribution in [3.63, 3.8) is 0 Å². The number of hydrogen-bond donors (Lipinski definition) is 1. The molecule has 1 aromatic carbocycles. The molecule has 2 unspecified atom stereocenters. The van der Waals surface area contributed by atoms with Gasteiger partial charge >= 0.3 is 0 Å². The van der Waals surface area contributed by atoms with Crippen LogP contribution in [-0.4, -0.2) is 22.1 Å². The van der Waals surface area contributed by atoms with Crippen molar-refractivity contribution in [2.24, 2.45) is 5.41 Å². The number of hydrogen-bond acceptors (Lipinski definition) is 2. The van der Waals surface area contributed by atoms with Crippen LogP contribution in [0.3, 0.4) is 0 Å². The van der Waals surface area contributed by atoms with E-state index < -0.39 is 0 Å². The summed E-state index contributed by atoms with van der Waals surface area (Å²) in [5.74, 6) is 1.26. The zero-order chi connectivity index (χ0) is 14.9. The van der Waals surface area contributed by atoms with E-state index in [0.717, 1.165) is 25.0 Å². The molecule has 0 aliphatic heterocycles. The second-order valence-corrected chi connectivity index (χ2v) is 6.75. The summed E-state index contributed by atoms with van der Waals surface area (Å²) in [5.41, 5.74) is 2.81. The second kappa shape index (κ2) is 5.80. The van der Waals surface area contributed by atoms with Gasteiger partial charge in [-0.3, -0.25) is 0 Å². The van der Waals surface area contributed by atoms with Crippen molar-refractivity contribution < 1.29 is 0 Å². The van der Waals surface area contributed by atoms with E-state index in [4.69, 9.17) is 4.98 Å². The molecule has 2 aromatic rings. The summed E-state index contributed by atoms with van der Waals surface area (Å²) in [4.78, 5) is 4.91. The van der Waals surface area contributed by atoms with Crippen LogP contribution in [0.5, 0.6) is 0 Å². The average Bonchev–Trinajstić information content (AvgIpc) is 2.99. The molecule has 1 fully saturated rings. The minimum Gasteiger partial charge on any atom is -0.328 e. The summed E-state index contributed by atoms with van der Waals surface area (Å²) in [7, 11) is 0. The lowest BCUT2D eigenvalue weighted by Crippen LogP contribution is -2.28. The molecule has 2 atom stereocenters. The standard InChI is InChI=1S/C18H27N3/c1-4-19-14-10-11-18(3,12-14)13-17-20-15-8-6-7-9-16(15)21(17)5-2/h6-9,14,19H,4-5,10-13H2,1-3H3. The molecule has 1 saturated carbocycles. The van der Waals surface area contributed by atoms with Gasteiger partial charge in [0.05, 0.1) is 11.0 Å². The van der Waals surface area contributed by atoms with E-state index in [1.54, 1.807) is 0 Å². The number of fused-ring (bicyclic) bond motifs is 1. The minimum atomic E-state index is 0.390. The average molecular weight is 285 g/mol. The molecule has 0 radical (unpaired) electrons. The summed E-state index contributed by atoms with van der Waals surface area (Å²) in [6.45, 7) is 8.93. The van der Waals surface area contributed by atoms with E-state index in [1.165, 1.54) is 30.6 Å². The van der Waals surface area contributed by atoms with Crippen LogP contribution in [0.15, 0.2) is 24.3 Å². The second-order valence-electron chi connectivity index (χ2n) is 6.75. The highest BCUT2D eigenvalue weighted by Crippen LogP contribution is 2.40. The van der Waals surface area contributed by atoms with Gasteiger partial charge in [-0.25, -0.2) is 4.98 Å². The first-order valence-corrected chi connectivity index (χ1v) is 8.33. The van der Waals surface area contributed by atoms with Gasteiger partial charge in [-0.1, -0.05) is 26.0 Å². The van der Waals surface area contributed by atoms with Crippen LogP contribution in [0.4, 0.5) is 0 Å². The molecule has 21 heavy (non-hydrogen) atoms. The van der Waals surface area contributed by atoms with Crippen molar-refractivity contribution in [3.05, 3.63) is 30.1 Å². The molecule has 3 nitrogen and oxygen atoms in total. The molecule has 0 saturated heterocycles. The van der Waals surface area contributed by atoms with E-state index in [1.807, 2.05) is 0 Å². The van der Waals surface area contributed by atoms with E-state index in [2.05, 4.69) is 54.9 Å². The Kier molecular flexibility index (Phi) is 4.03. The first kappa shape index (κ1) is 14.6. The molecular formula is C18H27N3. The molecule has 0 bridgehead atoms. The minimum absolute atomic E-state index is 0.390. The van der Waals surface area contributed by atoms with Crippen molar-refractivity contribution in [1.29, 1.82) is 0 Å². The largest absolute Gasteiger partial charge is 0.328 e. The van der Waals surface area contributed by atoms with Crippen molar-refractivity contribution in [2.75, 3.05) is 6.54 Å². The zero-order valence-corrected chi connectivity index (χ0v) is 13.5. The Balaban J connectivity index is 1.85. The number of rotatable bonds is 5. The number of aromatic nitrogens is 2. The highest BCUT2D eigenvalue weighted by atomic mass is 15.1. The van der Waals surface area contributed by atoms with E-state index in [-0.39, 0.29) is 0 Å². The number of nitrogens with one attached hydrogen (secondary N) is 1. The third kappa shape index (κ3) is 2.84. The number of benzene rings is 1. The summed E-state index contributed by atoms with van der Waals surface area (Å²) >= 11 is 0. The van der Waals surface area contributed by atoms with Crippen LogP contribution in [0, 0.1) is 5.41 Å². The number of nitrogens with zero attached hydrogens (tertiary/aromatic N) is 2. The van der Waals surface area contributed by atoms with E-state index in [0.29, 0.717) is 11.5 Å². The predicted molar refractivity (Wildman–Crippen MR) is 88.5 cm³/mol. The Bertz CT molecular complexity index is 616. The van der Waals surface area contributed by atoms with Crippen molar-refractivity contribution in [3.8, 4) is 0 Å². The molecular weight excluding hydrogens is 258 g/mol. The Morgan fingerprint density at radius 2 is 2.14 bits per heavy atom. The maximum Gasteiger partial charge on any atom is 0.110 e. The van der Waals surface area contributed by atoms with Gasteiger partial charge < -0.3 is 9.88 Å². The lowest BCUT2D eigenvalue weighted by atomic mass is 9.84. The van der Waals surface area contributed by atoms with Crippen molar-refractivity contribution >= 4 is 11.0 Å². The van der Waals surface area contributed by atoms with Gasteiger partial charge in [-0.05, 0) is 50.3 Å².